The first kappa shape index (κ1) is 26.5. The van der Waals surface area contributed by atoms with Gasteiger partial charge in [-0.1, -0.05) is 41.4 Å². The molecule has 3 heterocycles. The number of hydrogen-bond acceptors (Lipinski definition) is 6. The molecule has 2 aromatic carbocycles. The largest absolute Gasteiger partial charge is 0.486 e. The highest BCUT2D eigenvalue weighted by Crippen LogP contribution is 2.41. The molecule has 0 saturated heterocycles. The summed E-state index contributed by atoms with van der Waals surface area (Å²) in [6, 6.07) is 9.32. The van der Waals surface area contributed by atoms with Crippen molar-refractivity contribution in [2.45, 2.75) is 30.9 Å². The van der Waals surface area contributed by atoms with Gasteiger partial charge in [0.1, 0.15) is 17.7 Å². The van der Waals surface area contributed by atoms with Crippen LogP contribution in [0.5, 0.6) is 5.75 Å². The molecular weight excluding hydrogens is 576 g/mol. The van der Waals surface area contributed by atoms with E-state index in [-0.39, 0.29) is 51.6 Å². The number of ether oxygens (including phenoxy) is 1. The monoisotopic (exact) mass is 595 g/mol. The Morgan fingerprint density at radius 3 is 2.84 bits per heavy atom. The zero-order valence-corrected chi connectivity index (χ0v) is 22.9. The fourth-order valence-corrected chi connectivity index (χ4v) is 7.58. The van der Waals surface area contributed by atoms with E-state index >= 15 is 0 Å². The fourth-order valence-electron chi connectivity index (χ4n) is 4.35. The zero-order chi connectivity index (χ0) is 27.2. The van der Waals surface area contributed by atoms with Gasteiger partial charge in [-0.3, -0.25) is 13.5 Å². The number of benzene rings is 2. The first-order valence-corrected chi connectivity index (χ1v) is 14.4. The quantitative estimate of drug-likeness (QED) is 0.254. The third-order valence-electron chi connectivity index (χ3n) is 6.05. The predicted octanol–water partition coefficient (Wildman–Crippen LogP) is 6.22. The summed E-state index contributed by atoms with van der Waals surface area (Å²) in [5, 5.41) is 10.7. The standard InChI is InChI=1S/C25H20Cl2FN3O5S2/c1-14(22-17(26)3-2-4-18(22)28)11-15-5-7-20-19(12-15)31(13-16(36-20)6-8-21(32)33)38(34,35)24-23(27)29-25-30(24)9-10-37-25/h2-5,7,9-12,16H,6,8,13H2,1H3,(H,32,33). The average Bonchev–Trinajstić information content (AvgIpc) is 3.42. The number of allylic oxidation sites excluding steroid dienone is 1. The molecule has 0 spiro atoms. The normalized spacial score (nSPS) is 15.9. The molecule has 0 bridgehead atoms. The van der Waals surface area contributed by atoms with Crippen LogP contribution in [0.2, 0.25) is 10.2 Å². The van der Waals surface area contributed by atoms with Crippen LogP contribution in [0.15, 0.2) is 53.0 Å². The molecule has 198 valence electrons. The second-order valence-electron chi connectivity index (χ2n) is 8.62. The van der Waals surface area contributed by atoms with Gasteiger partial charge in [-0.2, -0.15) is 8.42 Å². The molecule has 13 heteroatoms. The van der Waals surface area contributed by atoms with Crippen molar-refractivity contribution >= 4 is 72.8 Å². The van der Waals surface area contributed by atoms with E-state index in [0.717, 1.165) is 4.31 Å². The Morgan fingerprint density at radius 2 is 2.11 bits per heavy atom. The molecule has 1 aliphatic rings. The fraction of sp³-hybridized carbons (Fsp3) is 0.200. The van der Waals surface area contributed by atoms with Crippen molar-refractivity contribution in [1.29, 1.82) is 0 Å². The smallest absolute Gasteiger partial charge is 0.303 e. The van der Waals surface area contributed by atoms with E-state index in [4.69, 9.17) is 33.0 Å². The Hall–Kier alpha value is -3.12. The lowest BCUT2D eigenvalue weighted by Crippen LogP contribution is -2.44. The van der Waals surface area contributed by atoms with Crippen molar-refractivity contribution in [3.05, 3.63) is 75.1 Å². The Morgan fingerprint density at radius 1 is 1.32 bits per heavy atom. The van der Waals surface area contributed by atoms with E-state index in [1.54, 1.807) is 48.8 Å². The third kappa shape index (κ3) is 4.86. The highest BCUT2D eigenvalue weighted by molar-refractivity contribution is 7.92. The molecule has 0 radical (unpaired) electrons. The molecule has 1 atom stereocenters. The number of imidazole rings is 1. The van der Waals surface area contributed by atoms with Crippen LogP contribution >= 0.6 is 34.5 Å². The highest BCUT2D eigenvalue weighted by atomic mass is 35.5. The molecule has 0 aliphatic carbocycles. The van der Waals surface area contributed by atoms with Gasteiger partial charge in [0.15, 0.2) is 15.1 Å². The molecule has 2 aromatic heterocycles. The van der Waals surface area contributed by atoms with Gasteiger partial charge >= 0.3 is 5.97 Å². The minimum atomic E-state index is -4.26. The van der Waals surface area contributed by atoms with Gasteiger partial charge in [0, 0.05) is 23.6 Å². The summed E-state index contributed by atoms with van der Waals surface area (Å²) in [5.41, 5.74) is 1.59. The SMILES string of the molecule is CC(=Cc1ccc2c(c1)N(S(=O)(=O)c1c(Cl)nc3sccn13)CC(CCC(=O)O)O2)c1c(F)cccc1Cl. The molecule has 1 aliphatic heterocycles. The molecule has 5 rings (SSSR count). The molecule has 8 nitrogen and oxygen atoms in total. The second kappa shape index (κ2) is 10.2. The van der Waals surface area contributed by atoms with Crippen LogP contribution in [-0.2, 0) is 14.8 Å². The Kier molecular flexibility index (Phi) is 7.12. The Labute approximate surface area is 231 Å². The molecule has 0 amide bonds. The van der Waals surface area contributed by atoms with Gasteiger partial charge in [0.2, 0.25) is 0 Å². The van der Waals surface area contributed by atoms with E-state index in [9.17, 15) is 17.6 Å². The summed E-state index contributed by atoms with van der Waals surface area (Å²) in [4.78, 5) is 15.7. The maximum absolute atomic E-state index is 14.5. The van der Waals surface area contributed by atoms with Crippen LogP contribution in [0.1, 0.15) is 30.9 Å². The number of carboxylic acids is 1. The van der Waals surface area contributed by atoms with E-state index in [2.05, 4.69) is 4.98 Å². The summed E-state index contributed by atoms with van der Waals surface area (Å²) in [5.74, 6) is -1.24. The van der Waals surface area contributed by atoms with Crippen LogP contribution in [0, 0.1) is 5.82 Å². The van der Waals surface area contributed by atoms with Crippen molar-refractivity contribution in [1.82, 2.24) is 9.38 Å². The van der Waals surface area contributed by atoms with Gasteiger partial charge in [0.25, 0.3) is 10.0 Å². The number of nitrogens with zero attached hydrogens (tertiary/aromatic N) is 3. The van der Waals surface area contributed by atoms with E-state index < -0.39 is 27.9 Å². The lowest BCUT2D eigenvalue weighted by atomic mass is 10.0. The van der Waals surface area contributed by atoms with Crippen LogP contribution in [0.3, 0.4) is 0 Å². The van der Waals surface area contributed by atoms with Crippen LogP contribution in [0.25, 0.3) is 16.6 Å². The second-order valence-corrected chi connectivity index (χ2v) is 12.0. The number of sulfonamides is 1. The number of aromatic nitrogens is 2. The van der Waals surface area contributed by atoms with Crippen molar-refractivity contribution in [2.24, 2.45) is 0 Å². The van der Waals surface area contributed by atoms with Crippen molar-refractivity contribution in [3.63, 3.8) is 0 Å². The van der Waals surface area contributed by atoms with Gasteiger partial charge < -0.3 is 9.84 Å². The van der Waals surface area contributed by atoms with Crippen LogP contribution in [0.4, 0.5) is 10.1 Å². The molecular formula is C25H20Cl2FN3O5S2. The number of halogens is 3. The maximum atomic E-state index is 14.5. The summed E-state index contributed by atoms with van der Waals surface area (Å²) in [6.45, 7) is 1.57. The number of fused-ring (bicyclic) bond motifs is 2. The number of carboxylic acid groups (broad SMARTS) is 1. The molecule has 1 N–H and O–H groups in total. The minimum absolute atomic E-state index is 0.0985. The molecule has 0 fully saturated rings. The molecule has 1 unspecified atom stereocenters. The van der Waals surface area contributed by atoms with Gasteiger partial charge in [0.05, 0.1) is 17.3 Å². The van der Waals surface area contributed by atoms with E-state index in [1.807, 2.05) is 0 Å². The van der Waals surface area contributed by atoms with E-state index in [0.29, 0.717) is 16.1 Å². The number of anilines is 1. The molecule has 0 saturated carbocycles. The first-order valence-electron chi connectivity index (χ1n) is 11.3. The molecule has 4 aromatic rings. The predicted molar refractivity (Wildman–Crippen MR) is 145 cm³/mol. The van der Waals surface area contributed by atoms with Gasteiger partial charge in [-0.05, 0) is 48.7 Å². The van der Waals surface area contributed by atoms with Gasteiger partial charge in [-0.15, -0.1) is 11.3 Å². The van der Waals surface area contributed by atoms with Crippen molar-refractivity contribution in [2.75, 3.05) is 10.8 Å². The third-order valence-corrected chi connectivity index (χ3v) is 9.30. The van der Waals surface area contributed by atoms with E-state index in [1.165, 1.54) is 27.9 Å². The summed E-state index contributed by atoms with van der Waals surface area (Å²) in [7, 11) is -4.26. The lowest BCUT2D eigenvalue weighted by molar-refractivity contribution is -0.137. The number of carbonyl (C=O) groups is 1. The highest BCUT2D eigenvalue weighted by Gasteiger charge is 2.38. The number of hydrogen-bond donors (Lipinski definition) is 1. The summed E-state index contributed by atoms with van der Waals surface area (Å²) in [6.07, 6.45) is 2.45. The topological polar surface area (TPSA) is 101 Å². The number of aliphatic carboxylic acids is 1. The lowest BCUT2D eigenvalue weighted by Gasteiger charge is -2.35. The summed E-state index contributed by atoms with van der Waals surface area (Å²) < 4.78 is 51.0. The van der Waals surface area contributed by atoms with Crippen LogP contribution < -0.4 is 9.04 Å². The average molecular weight is 596 g/mol. The maximum Gasteiger partial charge on any atom is 0.303 e. The number of thiazole rings is 1. The van der Waals surface area contributed by atoms with Crippen molar-refractivity contribution in [3.8, 4) is 5.75 Å². The first-order chi connectivity index (χ1) is 18.1. The zero-order valence-electron chi connectivity index (χ0n) is 19.8. The Bertz CT molecular complexity index is 1680. The van der Waals surface area contributed by atoms with Gasteiger partial charge in [-0.25, -0.2) is 9.37 Å². The van der Waals surface area contributed by atoms with Crippen molar-refractivity contribution < 1.29 is 27.4 Å². The van der Waals surface area contributed by atoms with Crippen LogP contribution in [-0.4, -0.2) is 41.5 Å². The minimum Gasteiger partial charge on any atom is -0.486 e. The Balaban J connectivity index is 1.61. The summed E-state index contributed by atoms with van der Waals surface area (Å²) >= 11 is 13.7. The number of rotatable bonds is 7. The molecule has 38 heavy (non-hydrogen) atoms.